The van der Waals surface area contributed by atoms with E-state index in [0.29, 0.717) is 17.7 Å². The highest BCUT2D eigenvalue weighted by Crippen LogP contribution is 2.26. The molecule has 1 unspecified atom stereocenters. The van der Waals surface area contributed by atoms with Crippen LogP contribution in [0.15, 0.2) is 54.6 Å². The first-order valence-corrected chi connectivity index (χ1v) is 12.0. The molecule has 0 saturated carbocycles. The molecular weight excluding hydrogens is 464 g/mol. The number of rotatable bonds is 7. The number of quaternary nitrogens is 1. The summed E-state index contributed by atoms with van der Waals surface area (Å²) in [6.45, 7) is 6.39. The molecule has 0 bridgehead atoms. The number of methoxy groups -OCH3 is 1. The van der Waals surface area contributed by atoms with Gasteiger partial charge in [0.05, 0.1) is 31.9 Å². The largest absolute Gasteiger partial charge is 0.498 e. The zero-order valence-corrected chi connectivity index (χ0v) is 21.3. The molecule has 1 aliphatic rings. The van der Waals surface area contributed by atoms with Crippen molar-refractivity contribution in [1.82, 2.24) is 4.90 Å². The van der Waals surface area contributed by atoms with E-state index in [2.05, 4.69) is 0 Å². The summed E-state index contributed by atoms with van der Waals surface area (Å²) in [6, 6.07) is 15.5. The number of carbonyl (C=O) groups excluding carboxylic acids is 3. The molecule has 36 heavy (non-hydrogen) atoms. The first kappa shape index (κ1) is 27.0. The summed E-state index contributed by atoms with van der Waals surface area (Å²) in [7, 11) is 1.31. The highest BCUT2D eigenvalue weighted by molar-refractivity contribution is 5.89. The predicted molar refractivity (Wildman–Crippen MR) is 130 cm³/mol. The average molecular weight is 499 g/mol. The smallest absolute Gasteiger partial charge is 0.410 e. The maximum Gasteiger partial charge on any atom is 0.410 e. The maximum atomic E-state index is 13.0. The zero-order valence-electron chi connectivity index (χ0n) is 21.3. The summed E-state index contributed by atoms with van der Waals surface area (Å²) in [5, 5.41) is 12.4. The van der Waals surface area contributed by atoms with Crippen molar-refractivity contribution in [1.29, 1.82) is 0 Å². The number of hydrogen-bond donors (Lipinski definition) is 0. The third kappa shape index (κ3) is 6.97. The van der Waals surface area contributed by atoms with E-state index < -0.39 is 29.8 Å². The Bertz CT molecular complexity index is 1070. The summed E-state index contributed by atoms with van der Waals surface area (Å²) in [4.78, 5) is 38.8. The van der Waals surface area contributed by atoms with E-state index >= 15 is 0 Å². The van der Waals surface area contributed by atoms with Crippen LogP contribution in [0.1, 0.15) is 43.1 Å². The highest BCUT2D eigenvalue weighted by Gasteiger charge is 2.44. The lowest BCUT2D eigenvalue weighted by Crippen LogP contribution is -2.69. The van der Waals surface area contributed by atoms with Crippen LogP contribution in [0, 0.1) is 0 Å². The van der Waals surface area contributed by atoms with Crippen molar-refractivity contribution >= 4 is 18.2 Å². The number of esters is 1. The number of hydrogen-bond acceptors (Lipinski definition) is 7. The lowest BCUT2D eigenvalue weighted by Gasteiger charge is -2.48. The van der Waals surface area contributed by atoms with E-state index in [1.165, 1.54) is 7.11 Å². The van der Waals surface area contributed by atoms with Crippen LogP contribution in [0.2, 0.25) is 0 Å². The van der Waals surface area contributed by atoms with Gasteiger partial charge in [-0.3, -0.25) is 9.38 Å². The quantitative estimate of drug-likeness (QED) is 0.426. The number of carbonyl (C=O) groups is 3. The molecule has 2 aromatic rings. The van der Waals surface area contributed by atoms with Gasteiger partial charge in [-0.25, -0.2) is 9.59 Å². The number of carboxylic acid groups (broad SMARTS) is 1. The van der Waals surface area contributed by atoms with Gasteiger partial charge in [0, 0.05) is 12.0 Å². The third-order valence-corrected chi connectivity index (χ3v) is 6.09. The van der Waals surface area contributed by atoms with Crippen LogP contribution < -0.4 is 9.84 Å². The summed E-state index contributed by atoms with van der Waals surface area (Å²) < 4.78 is 15.9. The van der Waals surface area contributed by atoms with Gasteiger partial charge in [-0.2, -0.15) is 0 Å². The molecule has 3 rings (SSSR count). The van der Waals surface area contributed by atoms with Crippen LogP contribution in [0.5, 0.6) is 5.75 Å². The molecule has 1 heterocycles. The van der Waals surface area contributed by atoms with Gasteiger partial charge in [0.2, 0.25) is 0 Å². The Balaban J connectivity index is 1.78. The molecule has 194 valence electrons. The van der Waals surface area contributed by atoms with E-state index in [9.17, 15) is 19.5 Å². The molecule has 2 atom stereocenters. The molecular formula is C27H34N2O7. The molecule has 1 saturated heterocycles. The fourth-order valence-electron chi connectivity index (χ4n) is 4.33. The summed E-state index contributed by atoms with van der Waals surface area (Å²) in [6.07, 6.45) is -1.31. The van der Waals surface area contributed by atoms with Gasteiger partial charge in [0.1, 0.15) is 31.0 Å². The van der Waals surface area contributed by atoms with Crippen LogP contribution in [0.25, 0.3) is 0 Å². The van der Waals surface area contributed by atoms with E-state index in [1.807, 2.05) is 30.3 Å². The van der Waals surface area contributed by atoms with Crippen molar-refractivity contribution in [2.45, 2.75) is 45.4 Å². The van der Waals surface area contributed by atoms with Gasteiger partial charge >= 0.3 is 12.1 Å². The van der Waals surface area contributed by atoms with E-state index in [4.69, 9.17) is 14.2 Å². The van der Waals surface area contributed by atoms with Crippen molar-refractivity contribution < 1.29 is 38.2 Å². The second kappa shape index (κ2) is 11.4. The Morgan fingerprint density at radius 3 is 2.44 bits per heavy atom. The Labute approximate surface area is 211 Å². The zero-order chi connectivity index (χ0) is 26.3. The SMILES string of the molecule is COC(=O)c1cccc(OCC[C@@H]2C[N+](Cc3ccccc3)(C(=O)[O-])CCN2C(=O)OC(C)(C)C)c1. The lowest BCUT2D eigenvalue weighted by molar-refractivity contribution is -0.895. The minimum Gasteiger partial charge on any atom is -0.498 e. The van der Waals surface area contributed by atoms with Gasteiger partial charge < -0.3 is 24.1 Å². The molecule has 9 nitrogen and oxygen atoms in total. The van der Waals surface area contributed by atoms with Crippen LogP contribution in [0.4, 0.5) is 9.59 Å². The second-order valence-electron chi connectivity index (χ2n) is 9.95. The second-order valence-corrected chi connectivity index (χ2v) is 9.95. The summed E-state index contributed by atoms with van der Waals surface area (Å²) in [5.41, 5.74) is 0.550. The topological polar surface area (TPSA) is 105 Å². The van der Waals surface area contributed by atoms with Crippen molar-refractivity contribution in [3.63, 3.8) is 0 Å². The van der Waals surface area contributed by atoms with E-state index in [1.54, 1.807) is 49.9 Å². The number of nitrogens with zero attached hydrogens (tertiary/aromatic N) is 2. The molecule has 2 aromatic carbocycles. The average Bonchev–Trinajstić information content (AvgIpc) is 2.83. The first-order chi connectivity index (χ1) is 17.0. The molecule has 0 N–H and O–H groups in total. The molecule has 2 amide bonds. The summed E-state index contributed by atoms with van der Waals surface area (Å²) >= 11 is 0. The van der Waals surface area contributed by atoms with Crippen molar-refractivity contribution in [3.05, 3.63) is 65.7 Å². The molecule has 1 fully saturated rings. The maximum absolute atomic E-state index is 13.0. The molecule has 0 aliphatic carbocycles. The first-order valence-electron chi connectivity index (χ1n) is 12.0. The van der Waals surface area contributed by atoms with E-state index in [-0.39, 0.29) is 37.3 Å². The molecule has 0 radical (unpaired) electrons. The van der Waals surface area contributed by atoms with Gasteiger partial charge in [-0.1, -0.05) is 36.4 Å². The van der Waals surface area contributed by atoms with Crippen LogP contribution >= 0.6 is 0 Å². The van der Waals surface area contributed by atoms with Gasteiger partial charge in [0.25, 0.3) is 6.09 Å². The van der Waals surface area contributed by atoms with Crippen molar-refractivity contribution in [2.75, 3.05) is 33.4 Å². The number of ether oxygens (including phenoxy) is 3. The van der Waals surface area contributed by atoms with Crippen molar-refractivity contribution in [2.24, 2.45) is 0 Å². The number of benzene rings is 2. The van der Waals surface area contributed by atoms with Crippen molar-refractivity contribution in [3.8, 4) is 5.75 Å². The Morgan fingerprint density at radius 1 is 1.08 bits per heavy atom. The third-order valence-electron chi connectivity index (χ3n) is 6.09. The molecule has 0 aromatic heterocycles. The number of piperazine rings is 1. The van der Waals surface area contributed by atoms with Gasteiger partial charge in [-0.05, 0) is 39.0 Å². The van der Waals surface area contributed by atoms with Gasteiger partial charge in [-0.15, -0.1) is 0 Å². The van der Waals surface area contributed by atoms with Crippen LogP contribution in [-0.2, 0) is 16.0 Å². The molecule has 1 aliphatic heterocycles. The highest BCUT2D eigenvalue weighted by atomic mass is 16.6. The van der Waals surface area contributed by atoms with E-state index in [0.717, 1.165) is 5.56 Å². The van der Waals surface area contributed by atoms with Crippen LogP contribution in [-0.4, -0.2) is 72.5 Å². The lowest BCUT2D eigenvalue weighted by atomic mass is 10.0. The number of amides is 2. The minimum atomic E-state index is -1.18. The molecule has 9 heteroatoms. The standard InChI is InChI=1S/C27H34N2O7/c1-27(2,3)36-25(31)28-14-15-29(26(32)33,18-20-9-6-5-7-10-20)19-22(28)13-16-35-23-12-8-11-21(17-23)24(30)34-4/h5-12,17,22H,13-16,18-19H2,1-4H3/t22-,29?/m1/s1. The van der Waals surface area contributed by atoms with Crippen LogP contribution in [0.3, 0.4) is 0 Å². The Hall–Kier alpha value is -3.59. The fraction of sp³-hybridized carbons (Fsp3) is 0.444. The predicted octanol–water partition coefficient (Wildman–Crippen LogP) is 3.22. The van der Waals surface area contributed by atoms with Gasteiger partial charge in [0.15, 0.2) is 0 Å². The minimum absolute atomic E-state index is 0.155. The Morgan fingerprint density at radius 2 is 1.81 bits per heavy atom. The Kier molecular flexibility index (Phi) is 8.57. The monoisotopic (exact) mass is 498 g/mol. The summed E-state index contributed by atoms with van der Waals surface area (Å²) in [5.74, 6) is 0.00301. The normalized spacial score (nSPS) is 19.9. The molecule has 0 spiro atoms. The fourth-order valence-corrected chi connectivity index (χ4v) is 4.33.